The van der Waals surface area contributed by atoms with E-state index in [2.05, 4.69) is 73.0 Å². The van der Waals surface area contributed by atoms with Crippen LogP contribution in [0, 0.1) is 13.8 Å². The van der Waals surface area contributed by atoms with Gasteiger partial charge in [-0.1, -0.05) is 54.6 Å². The number of benzene rings is 4. The van der Waals surface area contributed by atoms with E-state index < -0.39 is 0 Å². The summed E-state index contributed by atoms with van der Waals surface area (Å²) in [5.74, 6) is 2.12. The van der Waals surface area contributed by atoms with Crippen molar-refractivity contribution in [3.63, 3.8) is 0 Å². The number of hydrogen-bond acceptors (Lipinski definition) is 3. The summed E-state index contributed by atoms with van der Waals surface area (Å²) in [6.45, 7) is 6.20. The van der Waals surface area contributed by atoms with Crippen LogP contribution in [0.5, 0.6) is 5.75 Å². The predicted octanol–water partition coefficient (Wildman–Crippen LogP) is 6.80. The molecule has 6 rings (SSSR count). The third-order valence-corrected chi connectivity index (χ3v) is 7.23. The van der Waals surface area contributed by atoms with Crippen LogP contribution in [-0.4, -0.2) is 28.6 Å². The van der Waals surface area contributed by atoms with E-state index in [0.29, 0.717) is 19.6 Å². The number of aryl methyl sites for hydroxylation is 3. The van der Waals surface area contributed by atoms with Crippen LogP contribution in [0.25, 0.3) is 21.8 Å². The van der Waals surface area contributed by atoms with Gasteiger partial charge in [0.2, 0.25) is 5.91 Å². The maximum atomic E-state index is 13.1. The van der Waals surface area contributed by atoms with Crippen molar-refractivity contribution in [3.8, 4) is 5.75 Å². The molecule has 1 amide bonds. The van der Waals surface area contributed by atoms with E-state index in [0.717, 1.165) is 46.6 Å². The lowest BCUT2D eigenvalue weighted by molar-refractivity contribution is -0.117. The molecule has 1 atom stereocenters. The number of anilines is 1. The zero-order chi connectivity index (χ0) is 25.4. The molecule has 1 aromatic heterocycles. The standard InChI is InChI=1S/C32H31N3O2/c1-22-17-23(2)19-26(18-22)35-21-25(20-31(35)36)32-33-28-12-5-6-13-29(28)34(32)15-8-16-37-30-14-7-10-24-9-3-4-11-27(24)30/h3-7,9-14,17-19,25H,8,15-16,20-21H2,1-2H3. The molecule has 1 saturated heterocycles. The number of imidazole rings is 1. The number of carbonyl (C=O) groups excluding carboxylic acids is 1. The number of amides is 1. The molecule has 0 aliphatic carbocycles. The molecule has 4 aromatic carbocycles. The van der Waals surface area contributed by atoms with Crippen molar-refractivity contribution >= 4 is 33.4 Å². The highest BCUT2D eigenvalue weighted by Gasteiger charge is 2.35. The molecule has 0 N–H and O–H groups in total. The van der Waals surface area contributed by atoms with Gasteiger partial charge >= 0.3 is 0 Å². The van der Waals surface area contributed by atoms with Gasteiger partial charge in [0, 0.05) is 36.5 Å². The van der Waals surface area contributed by atoms with Crippen molar-refractivity contribution in [1.29, 1.82) is 0 Å². The molecule has 0 spiro atoms. The van der Waals surface area contributed by atoms with Crippen LogP contribution in [0.2, 0.25) is 0 Å². The normalized spacial score (nSPS) is 15.7. The van der Waals surface area contributed by atoms with Gasteiger partial charge in [-0.05, 0) is 67.1 Å². The molecule has 0 saturated carbocycles. The first-order chi connectivity index (χ1) is 18.1. The summed E-state index contributed by atoms with van der Waals surface area (Å²) >= 11 is 0. The van der Waals surface area contributed by atoms with Crippen LogP contribution in [-0.2, 0) is 11.3 Å². The Balaban J connectivity index is 1.22. The summed E-state index contributed by atoms with van der Waals surface area (Å²) in [6.07, 6.45) is 1.32. The second-order valence-electron chi connectivity index (χ2n) is 10.0. The maximum absolute atomic E-state index is 13.1. The summed E-state index contributed by atoms with van der Waals surface area (Å²) in [5.41, 5.74) is 5.41. The zero-order valence-electron chi connectivity index (χ0n) is 21.4. The van der Waals surface area contributed by atoms with E-state index in [4.69, 9.17) is 9.72 Å². The molecule has 186 valence electrons. The number of aromatic nitrogens is 2. The monoisotopic (exact) mass is 489 g/mol. The van der Waals surface area contributed by atoms with Crippen LogP contribution in [0.3, 0.4) is 0 Å². The van der Waals surface area contributed by atoms with E-state index in [1.54, 1.807) is 0 Å². The molecule has 0 radical (unpaired) electrons. The van der Waals surface area contributed by atoms with Crippen molar-refractivity contribution in [3.05, 3.63) is 102 Å². The van der Waals surface area contributed by atoms with E-state index in [9.17, 15) is 4.79 Å². The predicted molar refractivity (Wildman–Crippen MR) is 149 cm³/mol. The van der Waals surface area contributed by atoms with Gasteiger partial charge in [-0.25, -0.2) is 4.98 Å². The average Bonchev–Trinajstić information content (AvgIpc) is 3.46. The number of para-hydroxylation sites is 2. The van der Waals surface area contributed by atoms with Gasteiger partial charge in [0.25, 0.3) is 0 Å². The molecular weight excluding hydrogens is 458 g/mol. The molecule has 5 heteroatoms. The molecule has 1 unspecified atom stereocenters. The highest BCUT2D eigenvalue weighted by molar-refractivity contribution is 5.96. The van der Waals surface area contributed by atoms with Crippen molar-refractivity contribution in [2.24, 2.45) is 0 Å². The second-order valence-corrected chi connectivity index (χ2v) is 10.0. The molecule has 0 bridgehead atoms. The fourth-order valence-electron chi connectivity index (χ4n) is 5.60. The lowest BCUT2D eigenvalue weighted by Gasteiger charge is -2.19. The molecule has 1 fully saturated rings. The summed E-state index contributed by atoms with van der Waals surface area (Å²) in [4.78, 5) is 20.0. The topological polar surface area (TPSA) is 47.4 Å². The first-order valence-electron chi connectivity index (χ1n) is 13.0. The lowest BCUT2D eigenvalue weighted by atomic mass is 10.1. The number of hydrogen-bond donors (Lipinski definition) is 0. The Morgan fingerprint density at radius 2 is 1.68 bits per heavy atom. The van der Waals surface area contributed by atoms with E-state index in [-0.39, 0.29) is 11.8 Å². The third kappa shape index (κ3) is 4.57. The maximum Gasteiger partial charge on any atom is 0.227 e. The fourth-order valence-corrected chi connectivity index (χ4v) is 5.60. The lowest BCUT2D eigenvalue weighted by Crippen LogP contribution is -2.24. The van der Waals surface area contributed by atoms with Crippen molar-refractivity contribution in [2.45, 2.75) is 39.2 Å². The Bertz CT molecular complexity index is 1580. The Hall–Kier alpha value is -4.12. The van der Waals surface area contributed by atoms with Gasteiger partial charge in [-0.15, -0.1) is 0 Å². The SMILES string of the molecule is Cc1cc(C)cc(N2CC(c3nc4ccccc4n3CCCOc3cccc4ccccc34)CC2=O)c1. The molecule has 5 nitrogen and oxygen atoms in total. The highest BCUT2D eigenvalue weighted by atomic mass is 16.5. The van der Waals surface area contributed by atoms with E-state index in [1.165, 1.54) is 16.5 Å². The van der Waals surface area contributed by atoms with Gasteiger partial charge in [-0.3, -0.25) is 4.79 Å². The van der Waals surface area contributed by atoms with Crippen LogP contribution < -0.4 is 9.64 Å². The quantitative estimate of drug-likeness (QED) is 0.236. The van der Waals surface area contributed by atoms with E-state index >= 15 is 0 Å². The van der Waals surface area contributed by atoms with Gasteiger partial charge in [0.1, 0.15) is 11.6 Å². The Kier molecular flexibility index (Phi) is 6.13. The first kappa shape index (κ1) is 23.3. The number of carbonyl (C=O) groups is 1. The van der Waals surface area contributed by atoms with Crippen LogP contribution in [0.15, 0.2) is 84.9 Å². The van der Waals surface area contributed by atoms with Crippen LogP contribution >= 0.6 is 0 Å². The van der Waals surface area contributed by atoms with Crippen molar-refractivity contribution < 1.29 is 9.53 Å². The van der Waals surface area contributed by atoms with Crippen LogP contribution in [0.1, 0.15) is 35.7 Å². The van der Waals surface area contributed by atoms with Gasteiger partial charge in [-0.2, -0.15) is 0 Å². The number of ether oxygens (including phenoxy) is 1. The zero-order valence-corrected chi connectivity index (χ0v) is 21.4. The van der Waals surface area contributed by atoms with Crippen molar-refractivity contribution in [2.75, 3.05) is 18.1 Å². The smallest absolute Gasteiger partial charge is 0.227 e. The number of nitrogens with zero attached hydrogens (tertiary/aromatic N) is 3. The minimum absolute atomic E-state index is 0.0553. The highest BCUT2D eigenvalue weighted by Crippen LogP contribution is 2.34. The first-order valence-corrected chi connectivity index (χ1v) is 13.0. The molecule has 1 aliphatic heterocycles. The third-order valence-electron chi connectivity index (χ3n) is 7.23. The van der Waals surface area contributed by atoms with E-state index in [1.807, 2.05) is 35.2 Å². The molecule has 5 aromatic rings. The molecule has 2 heterocycles. The summed E-state index contributed by atoms with van der Waals surface area (Å²) in [7, 11) is 0. The summed E-state index contributed by atoms with van der Waals surface area (Å²) in [6, 6.07) is 29.1. The average molecular weight is 490 g/mol. The molecular formula is C32H31N3O2. The number of fused-ring (bicyclic) bond motifs is 2. The Morgan fingerprint density at radius 1 is 0.919 bits per heavy atom. The fraction of sp³-hybridized carbons (Fsp3) is 0.250. The van der Waals surface area contributed by atoms with Crippen molar-refractivity contribution in [1.82, 2.24) is 9.55 Å². The number of rotatable bonds is 7. The second kappa shape index (κ2) is 9.74. The minimum Gasteiger partial charge on any atom is -0.493 e. The summed E-state index contributed by atoms with van der Waals surface area (Å²) in [5, 5.41) is 2.32. The Morgan fingerprint density at radius 3 is 2.54 bits per heavy atom. The largest absolute Gasteiger partial charge is 0.493 e. The Labute approximate surface area is 217 Å². The van der Waals surface area contributed by atoms with Gasteiger partial charge in [0.05, 0.1) is 17.6 Å². The summed E-state index contributed by atoms with van der Waals surface area (Å²) < 4.78 is 8.51. The van der Waals surface area contributed by atoms with Gasteiger partial charge in [0.15, 0.2) is 0 Å². The van der Waals surface area contributed by atoms with Gasteiger partial charge < -0.3 is 14.2 Å². The van der Waals surface area contributed by atoms with Crippen LogP contribution in [0.4, 0.5) is 5.69 Å². The molecule has 1 aliphatic rings. The minimum atomic E-state index is 0.0553. The molecule has 37 heavy (non-hydrogen) atoms.